The lowest BCUT2D eigenvalue weighted by molar-refractivity contribution is -0.147. The monoisotopic (exact) mass is 424 g/mol. The molecule has 1 fully saturated rings. The van der Waals surface area contributed by atoms with E-state index in [4.69, 9.17) is 4.74 Å². The molecule has 30 heavy (non-hydrogen) atoms. The summed E-state index contributed by atoms with van der Waals surface area (Å²) in [5, 5.41) is 5.73. The molecule has 1 aliphatic rings. The van der Waals surface area contributed by atoms with Crippen molar-refractivity contribution in [3.8, 4) is 0 Å². The van der Waals surface area contributed by atoms with Gasteiger partial charge in [-0.2, -0.15) is 0 Å². The number of carbonyl (C=O) groups is 3. The van der Waals surface area contributed by atoms with Gasteiger partial charge in [-0.15, -0.1) is 0 Å². The molecular formula is C24H44N2O4. The van der Waals surface area contributed by atoms with E-state index in [0.717, 1.165) is 31.6 Å². The van der Waals surface area contributed by atoms with E-state index in [1.807, 2.05) is 27.7 Å². The minimum atomic E-state index is -0.719. The van der Waals surface area contributed by atoms with Gasteiger partial charge in [-0.1, -0.05) is 66.7 Å². The van der Waals surface area contributed by atoms with Crippen LogP contribution in [0.5, 0.6) is 0 Å². The van der Waals surface area contributed by atoms with E-state index >= 15 is 0 Å². The van der Waals surface area contributed by atoms with Gasteiger partial charge in [0.05, 0.1) is 7.11 Å². The van der Waals surface area contributed by atoms with Crippen LogP contribution in [0.1, 0.15) is 92.4 Å². The molecule has 0 aromatic carbocycles. The molecule has 0 bridgehead atoms. The van der Waals surface area contributed by atoms with Crippen molar-refractivity contribution in [2.24, 2.45) is 23.7 Å². The number of methoxy groups -OCH3 is 1. The number of carbonyl (C=O) groups excluding carboxylic acids is 3. The van der Waals surface area contributed by atoms with Crippen molar-refractivity contribution in [3.05, 3.63) is 0 Å². The Labute approximate surface area is 183 Å². The zero-order chi connectivity index (χ0) is 22.7. The van der Waals surface area contributed by atoms with Gasteiger partial charge in [-0.05, 0) is 43.4 Å². The maximum Gasteiger partial charge on any atom is 0.328 e. The highest BCUT2D eigenvalue weighted by atomic mass is 16.5. The Morgan fingerprint density at radius 3 is 1.97 bits per heavy atom. The standard InChI is InChI=1S/C24H44N2O4/c1-7-8-9-10-11-18-12-14-19(15-13-18)22(27)25-20(16(2)3)23(28)26-21(17(4)5)24(29)30-6/h16-21H,7-15H2,1-6H3,(H,25,27)(H,26,28)/t18?,19?,20-,21-/m0/s1. The van der Waals surface area contributed by atoms with Gasteiger partial charge in [-0.3, -0.25) is 9.59 Å². The molecule has 0 radical (unpaired) electrons. The summed E-state index contributed by atoms with van der Waals surface area (Å²) in [5.74, 6) is -0.287. The topological polar surface area (TPSA) is 84.5 Å². The fourth-order valence-corrected chi connectivity index (χ4v) is 4.25. The molecule has 0 aromatic heterocycles. The smallest absolute Gasteiger partial charge is 0.328 e. The van der Waals surface area contributed by atoms with Crippen LogP contribution < -0.4 is 10.6 Å². The molecule has 0 aromatic rings. The first-order valence-corrected chi connectivity index (χ1v) is 11.9. The first kappa shape index (κ1) is 26.4. The molecule has 1 rings (SSSR count). The van der Waals surface area contributed by atoms with Gasteiger partial charge < -0.3 is 15.4 Å². The third kappa shape index (κ3) is 8.65. The van der Waals surface area contributed by atoms with Crippen molar-refractivity contribution < 1.29 is 19.1 Å². The molecule has 0 unspecified atom stereocenters. The molecule has 6 heteroatoms. The fourth-order valence-electron chi connectivity index (χ4n) is 4.25. The first-order chi connectivity index (χ1) is 14.2. The summed E-state index contributed by atoms with van der Waals surface area (Å²) >= 11 is 0. The molecule has 2 amide bonds. The van der Waals surface area contributed by atoms with Gasteiger partial charge >= 0.3 is 5.97 Å². The summed E-state index contributed by atoms with van der Waals surface area (Å²) in [6, 6.07) is -1.38. The molecule has 174 valence electrons. The van der Waals surface area contributed by atoms with Gasteiger partial charge in [0.1, 0.15) is 12.1 Å². The minimum absolute atomic E-state index is 0.0209. The van der Waals surface area contributed by atoms with Crippen LogP contribution in [0.3, 0.4) is 0 Å². The van der Waals surface area contributed by atoms with Crippen molar-refractivity contribution in [1.29, 1.82) is 0 Å². The Morgan fingerprint density at radius 1 is 0.867 bits per heavy atom. The number of hydrogen-bond donors (Lipinski definition) is 2. The second-order valence-electron chi connectivity index (χ2n) is 9.55. The second-order valence-corrected chi connectivity index (χ2v) is 9.55. The summed E-state index contributed by atoms with van der Waals surface area (Å²) in [4.78, 5) is 37.6. The molecular weight excluding hydrogens is 380 g/mol. The van der Waals surface area contributed by atoms with Crippen LogP contribution in [0, 0.1) is 23.7 Å². The summed E-state index contributed by atoms with van der Waals surface area (Å²) in [5.41, 5.74) is 0. The Hall–Kier alpha value is -1.59. The van der Waals surface area contributed by atoms with Gasteiger partial charge in [0.25, 0.3) is 0 Å². The van der Waals surface area contributed by atoms with Crippen molar-refractivity contribution in [2.75, 3.05) is 7.11 Å². The minimum Gasteiger partial charge on any atom is -0.467 e. The van der Waals surface area contributed by atoms with Crippen molar-refractivity contribution >= 4 is 17.8 Å². The maximum atomic E-state index is 12.9. The molecule has 6 nitrogen and oxygen atoms in total. The maximum absolute atomic E-state index is 12.9. The van der Waals surface area contributed by atoms with Gasteiger partial charge in [0.2, 0.25) is 11.8 Å². The van der Waals surface area contributed by atoms with Crippen LogP contribution in [0.4, 0.5) is 0 Å². The number of unbranched alkanes of at least 4 members (excludes halogenated alkanes) is 3. The number of esters is 1. The van der Waals surface area contributed by atoms with Crippen LogP contribution in [0.2, 0.25) is 0 Å². The normalized spacial score (nSPS) is 21.2. The lowest BCUT2D eigenvalue weighted by Crippen LogP contribution is -2.56. The number of rotatable bonds is 12. The predicted molar refractivity (Wildman–Crippen MR) is 120 cm³/mol. The highest BCUT2D eigenvalue weighted by Gasteiger charge is 2.33. The van der Waals surface area contributed by atoms with Gasteiger partial charge in [-0.25, -0.2) is 4.79 Å². The Bertz CT molecular complexity index is 539. The summed E-state index contributed by atoms with van der Waals surface area (Å²) < 4.78 is 4.80. The third-order valence-electron chi connectivity index (χ3n) is 6.35. The number of amides is 2. The Morgan fingerprint density at radius 2 is 1.47 bits per heavy atom. The summed E-state index contributed by atoms with van der Waals surface area (Å²) in [7, 11) is 1.31. The Balaban J connectivity index is 2.57. The quantitative estimate of drug-likeness (QED) is 0.363. The van der Waals surface area contributed by atoms with E-state index in [1.165, 1.54) is 39.2 Å². The molecule has 2 atom stereocenters. The van der Waals surface area contributed by atoms with Crippen molar-refractivity contribution in [3.63, 3.8) is 0 Å². The average molecular weight is 425 g/mol. The molecule has 1 saturated carbocycles. The zero-order valence-corrected chi connectivity index (χ0v) is 20.0. The fraction of sp³-hybridized carbons (Fsp3) is 0.875. The van der Waals surface area contributed by atoms with Gasteiger partial charge in [0.15, 0.2) is 0 Å². The molecule has 0 spiro atoms. The summed E-state index contributed by atoms with van der Waals surface area (Å²) in [6.45, 7) is 9.74. The second kappa shape index (κ2) is 13.7. The number of nitrogens with one attached hydrogen (secondary N) is 2. The van der Waals surface area contributed by atoms with Crippen LogP contribution >= 0.6 is 0 Å². The lowest BCUT2D eigenvalue weighted by atomic mass is 9.79. The van der Waals surface area contributed by atoms with E-state index in [-0.39, 0.29) is 29.6 Å². The summed E-state index contributed by atoms with van der Waals surface area (Å²) in [6.07, 6.45) is 10.4. The van der Waals surface area contributed by atoms with E-state index in [0.29, 0.717) is 0 Å². The molecule has 1 aliphatic carbocycles. The van der Waals surface area contributed by atoms with E-state index in [2.05, 4.69) is 17.6 Å². The SMILES string of the molecule is CCCCCCC1CCC(C(=O)N[C@H](C(=O)N[C@H](C(=O)OC)C(C)C)C(C)C)CC1. The average Bonchev–Trinajstić information content (AvgIpc) is 2.72. The highest BCUT2D eigenvalue weighted by Crippen LogP contribution is 2.32. The van der Waals surface area contributed by atoms with Crippen LogP contribution in [-0.4, -0.2) is 37.0 Å². The third-order valence-corrected chi connectivity index (χ3v) is 6.35. The van der Waals surface area contributed by atoms with Crippen molar-refractivity contribution in [2.45, 2.75) is 104 Å². The van der Waals surface area contributed by atoms with E-state index in [1.54, 1.807) is 0 Å². The van der Waals surface area contributed by atoms with Crippen molar-refractivity contribution in [1.82, 2.24) is 10.6 Å². The highest BCUT2D eigenvalue weighted by molar-refractivity contribution is 5.91. The van der Waals surface area contributed by atoms with Crippen LogP contribution in [0.15, 0.2) is 0 Å². The lowest BCUT2D eigenvalue weighted by Gasteiger charge is -2.31. The number of hydrogen-bond acceptors (Lipinski definition) is 4. The molecule has 2 N–H and O–H groups in total. The molecule has 0 saturated heterocycles. The predicted octanol–water partition coefficient (Wildman–Crippen LogP) is 4.22. The van der Waals surface area contributed by atoms with Crippen LogP contribution in [-0.2, 0) is 19.1 Å². The van der Waals surface area contributed by atoms with Gasteiger partial charge in [0, 0.05) is 5.92 Å². The molecule has 0 aliphatic heterocycles. The van der Waals surface area contributed by atoms with E-state index < -0.39 is 18.1 Å². The Kier molecular flexibility index (Phi) is 12.0. The zero-order valence-electron chi connectivity index (χ0n) is 20.0. The largest absolute Gasteiger partial charge is 0.467 e. The van der Waals surface area contributed by atoms with E-state index in [9.17, 15) is 14.4 Å². The number of ether oxygens (including phenoxy) is 1. The first-order valence-electron chi connectivity index (χ1n) is 11.9. The van der Waals surface area contributed by atoms with Crippen LogP contribution in [0.25, 0.3) is 0 Å². The molecule has 0 heterocycles.